The standard InChI is InChI=1S/C23H31N5O3/c1-3-19-17-26(16-18-15-20(30-2)5-6-21(18)31-19)10-7-22(29)27-11-13-28(14-12-27)23-24-8-4-9-25-23/h4-6,8-9,15,19H,3,7,10-14,16-17H2,1-2H3/t19-/m0/s1. The summed E-state index contributed by atoms with van der Waals surface area (Å²) in [6, 6.07) is 7.77. The fraction of sp³-hybridized carbons (Fsp3) is 0.522. The molecule has 0 aliphatic carbocycles. The summed E-state index contributed by atoms with van der Waals surface area (Å²) in [5.41, 5.74) is 1.11. The molecule has 31 heavy (non-hydrogen) atoms. The van der Waals surface area contributed by atoms with Crippen molar-refractivity contribution in [3.05, 3.63) is 42.2 Å². The minimum Gasteiger partial charge on any atom is -0.497 e. The van der Waals surface area contributed by atoms with Gasteiger partial charge in [0.05, 0.1) is 7.11 Å². The number of anilines is 1. The average molecular weight is 426 g/mol. The van der Waals surface area contributed by atoms with Gasteiger partial charge in [0.1, 0.15) is 17.6 Å². The molecule has 0 unspecified atom stereocenters. The molecule has 0 spiro atoms. The van der Waals surface area contributed by atoms with Crippen LogP contribution in [0.5, 0.6) is 11.5 Å². The lowest BCUT2D eigenvalue weighted by molar-refractivity contribution is -0.131. The van der Waals surface area contributed by atoms with Crippen molar-refractivity contribution in [2.24, 2.45) is 0 Å². The maximum Gasteiger partial charge on any atom is 0.225 e. The number of fused-ring (bicyclic) bond motifs is 1. The van der Waals surface area contributed by atoms with Crippen molar-refractivity contribution in [2.45, 2.75) is 32.4 Å². The van der Waals surface area contributed by atoms with Crippen molar-refractivity contribution in [1.82, 2.24) is 19.8 Å². The minimum atomic E-state index is 0.124. The second-order valence-corrected chi connectivity index (χ2v) is 8.02. The zero-order chi connectivity index (χ0) is 21.6. The van der Waals surface area contributed by atoms with E-state index in [0.717, 1.165) is 62.2 Å². The van der Waals surface area contributed by atoms with Crippen LogP contribution in [0, 0.1) is 0 Å². The van der Waals surface area contributed by atoms with Gasteiger partial charge in [-0.25, -0.2) is 9.97 Å². The summed E-state index contributed by atoms with van der Waals surface area (Å²) < 4.78 is 11.6. The van der Waals surface area contributed by atoms with E-state index in [-0.39, 0.29) is 12.0 Å². The molecule has 0 N–H and O–H groups in total. The van der Waals surface area contributed by atoms with Gasteiger partial charge in [-0.3, -0.25) is 9.69 Å². The number of benzene rings is 1. The van der Waals surface area contributed by atoms with Crippen LogP contribution in [0.4, 0.5) is 5.95 Å². The largest absolute Gasteiger partial charge is 0.497 e. The highest BCUT2D eigenvalue weighted by molar-refractivity contribution is 5.76. The van der Waals surface area contributed by atoms with Crippen LogP contribution in [-0.2, 0) is 11.3 Å². The van der Waals surface area contributed by atoms with E-state index in [1.54, 1.807) is 19.5 Å². The SMILES string of the molecule is CC[C@H]1CN(CCC(=O)N2CCN(c3ncccn3)CC2)Cc2cc(OC)ccc2O1. The molecule has 1 aromatic carbocycles. The van der Waals surface area contributed by atoms with Gasteiger partial charge in [-0.15, -0.1) is 0 Å². The Morgan fingerprint density at radius 1 is 1.19 bits per heavy atom. The lowest BCUT2D eigenvalue weighted by Gasteiger charge is -2.35. The first-order valence-corrected chi connectivity index (χ1v) is 11.0. The van der Waals surface area contributed by atoms with Crippen LogP contribution in [0.3, 0.4) is 0 Å². The summed E-state index contributed by atoms with van der Waals surface area (Å²) in [5.74, 6) is 2.69. The smallest absolute Gasteiger partial charge is 0.225 e. The van der Waals surface area contributed by atoms with Gasteiger partial charge in [-0.05, 0) is 30.7 Å². The van der Waals surface area contributed by atoms with Gasteiger partial charge < -0.3 is 19.3 Å². The molecule has 1 aromatic heterocycles. The van der Waals surface area contributed by atoms with Crippen molar-refractivity contribution in [1.29, 1.82) is 0 Å². The third kappa shape index (κ3) is 5.25. The number of hydrogen-bond donors (Lipinski definition) is 0. The topological polar surface area (TPSA) is 71.0 Å². The van der Waals surface area contributed by atoms with Crippen LogP contribution in [0.2, 0.25) is 0 Å². The van der Waals surface area contributed by atoms with E-state index >= 15 is 0 Å². The van der Waals surface area contributed by atoms with Gasteiger partial charge in [0.2, 0.25) is 11.9 Å². The van der Waals surface area contributed by atoms with Crippen molar-refractivity contribution < 1.29 is 14.3 Å². The lowest BCUT2D eigenvalue weighted by atomic mass is 10.1. The van der Waals surface area contributed by atoms with Crippen molar-refractivity contribution >= 4 is 11.9 Å². The van der Waals surface area contributed by atoms with E-state index in [1.807, 2.05) is 29.2 Å². The van der Waals surface area contributed by atoms with E-state index in [0.29, 0.717) is 19.5 Å². The van der Waals surface area contributed by atoms with Crippen molar-refractivity contribution in [2.75, 3.05) is 51.3 Å². The molecule has 166 valence electrons. The van der Waals surface area contributed by atoms with Gasteiger partial charge in [-0.1, -0.05) is 6.92 Å². The number of rotatable bonds is 6. The first-order chi connectivity index (χ1) is 15.2. The number of carbonyl (C=O) groups is 1. The molecule has 0 saturated carbocycles. The Bertz CT molecular complexity index is 871. The Morgan fingerprint density at radius 2 is 1.97 bits per heavy atom. The molecule has 8 nitrogen and oxygen atoms in total. The van der Waals surface area contributed by atoms with Crippen LogP contribution < -0.4 is 14.4 Å². The number of amides is 1. The predicted octanol–water partition coefficient (Wildman–Crippen LogP) is 2.20. The monoisotopic (exact) mass is 425 g/mol. The van der Waals surface area contributed by atoms with Crippen molar-refractivity contribution in [3.63, 3.8) is 0 Å². The van der Waals surface area contributed by atoms with E-state index in [1.165, 1.54) is 0 Å². The molecule has 1 amide bonds. The Morgan fingerprint density at radius 3 is 2.68 bits per heavy atom. The van der Waals surface area contributed by atoms with Crippen LogP contribution in [-0.4, -0.2) is 78.2 Å². The number of carbonyl (C=O) groups excluding carboxylic acids is 1. The lowest BCUT2D eigenvalue weighted by Crippen LogP contribution is -2.49. The fourth-order valence-corrected chi connectivity index (χ4v) is 4.14. The second kappa shape index (κ2) is 9.96. The van der Waals surface area contributed by atoms with E-state index in [2.05, 4.69) is 26.7 Å². The molecule has 0 bridgehead atoms. The van der Waals surface area contributed by atoms with Crippen LogP contribution in [0.25, 0.3) is 0 Å². The Hall–Kier alpha value is -2.87. The molecule has 1 fully saturated rings. The van der Waals surface area contributed by atoms with Gasteiger partial charge in [0.25, 0.3) is 0 Å². The summed E-state index contributed by atoms with van der Waals surface area (Å²) >= 11 is 0. The normalized spacial score (nSPS) is 19.4. The quantitative estimate of drug-likeness (QED) is 0.703. The van der Waals surface area contributed by atoms with Crippen LogP contribution in [0.15, 0.2) is 36.7 Å². The molecule has 0 radical (unpaired) electrons. The fourth-order valence-electron chi connectivity index (χ4n) is 4.14. The molecule has 2 aliphatic heterocycles. The van der Waals surface area contributed by atoms with Crippen molar-refractivity contribution in [3.8, 4) is 11.5 Å². The number of nitrogens with zero attached hydrogens (tertiary/aromatic N) is 5. The Balaban J connectivity index is 1.32. The minimum absolute atomic E-state index is 0.124. The molecule has 2 aliphatic rings. The summed E-state index contributed by atoms with van der Waals surface area (Å²) in [7, 11) is 1.67. The maximum atomic E-state index is 12.9. The maximum absolute atomic E-state index is 12.9. The van der Waals surface area contributed by atoms with Gasteiger partial charge in [-0.2, -0.15) is 0 Å². The molecule has 1 saturated heterocycles. The van der Waals surface area contributed by atoms with E-state index in [4.69, 9.17) is 9.47 Å². The van der Waals surface area contributed by atoms with Crippen LogP contribution >= 0.6 is 0 Å². The second-order valence-electron chi connectivity index (χ2n) is 8.02. The summed E-state index contributed by atoms with van der Waals surface area (Å²) in [5, 5.41) is 0. The molecular formula is C23H31N5O3. The molecule has 2 aromatic rings. The zero-order valence-electron chi connectivity index (χ0n) is 18.4. The summed E-state index contributed by atoms with van der Waals surface area (Å²) in [6.07, 6.45) is 5.07. The number of ether oxygens (including phenoxy) is 2. The number of aromatic nitrogens is 2. The molecule has 4 rings (SSSR count). The first-order valence-electron chi connectivity index (χ1n) is 11.0. The highest BCUT2D eigenvalue weighted by Gasteiger charge is 2.25. The molecule has 8 heteroatoms. The van der Waals surface area contributed by atoms with E-state index < -0.39 is 0 Å². The van der Waals surface area contributed by atoms with E-state index in [9.17, 15) is 4.79 Å². The first kappa shape index (κ1) is 21.4. The number of hydrogen-bond acceptors (Lipinski definition) is 7. The molecule has 1 atom stereocenters. The average Bonchev–Trinajstić information content (AvgIpc) is 3.01. The highest BCUT2D eigenvalue weighted by atomic mass is 16.5. The molecule has 3 heterocycles. The molecular weight excluding hydrogens is 394 g/mol. The zero-order valence-corrected chi connectivity index (χ0v) is 18.4. The predicted molar refractivity (Wildman–Crippen MR) is 118 cm³/mol. The number of methoxy groups -OCH3 is 1. The summed E-state index contributed by atoms with van der Waals surface area (Å²) in [6.45, 7) is 7.37. The highest BCUT2D eigenvalue weighted by Crippen LogP contribution is 2.29. The third-order valence-corrected chi connectivity index (χ3v) is 5.98. The Kier molecular flexibility index (Phi) is 6.86. The summed E-state index contributed by atoms with van der Waals surface area (Å²) in [4.78, 5) is 27.9. The van der Waals surface area contributed by atoms with Gasteiger partial charge in [0, 0.05) is 70.2 Å². The van der Waals surface area contributed by atoms with Gasteiger partial charge >= 0.3 is 0 Å². The number of piperazine rings is 1. The Labute approximate surface area is 183 Å². The van der Waals surface area contributed by atoms with Gasteiger partial charge in [0.15, 0.2) is 0 Å². The third-order valence-electron chi connectivity index (χ3n) is 5.98. The van der Waals surface area contributed by atoms with Crippen LogP contribution in [0.1, 0.15) is 25.3 Å².